The molecule has 1 unspecified atom stereocenters. The van der Waals surface area contributed by atoms with E-state index in [2.05, 4.69) is 21.1 Å². The second-order valence-corrected chi connectivity index (χ2v) is 5.51. The Morgan fingerprint density at radius 1 is 1.55 bits per heavy atom. The van der Waals surface area contributed by atoms with E-state index in [4.69, 9.17) is 10.9 Å². The largest absolute Gasteiger partial charge is 0.409 e. The zero-order chi connectivity index (χ0) is 14.7. The van der Waals surface area contributed by atoms with Crippen LogP contribution in [0.3, 0.4) is 0 Å². The predicted octanol–water partition coefficient (Wildman–Crippen LogP) is 2.19. The third kappa shape index (κ3) is 2.92. The highest BCUT2D eigenvalue weighted by atomic mass is 79.9. The van der Waals surface area contributed by atoms with Crippen LogP contribution in [0.1, 0.15) is 23.2 Å². The van der Waals surface area contributed by atoms with Gasteiger partial charge in [0.2, 0.25) is 0 Å². The Kier molecular flexibility index (Phi) is 4.59. The van der Waals surface area contributed by atoms with Crippen LogP contribution in [0.15, 0.2) is 27.8 Å². The molecule has 5 nitrogen and oxygen atoms in total. The molecule has 3 N–H and O–H groups in total. The molecule has 0 spiro atoms. The highest BCUT2D eigenvalue weighted by Crippen LogP contribution is 2.24. The number of oxime groups is 1. The van der Waals surface area contributed by atoms with Crippen molar-refractivity contribution in [3.05, 3.63) is 34.1 Å². The van der Waals surface area contributed by atoms with Crippen molar-refractivity contribution in [2.24, 2.45) is 16.8 Å². The van der Waals surface area contributed by atoms with Crippen molar-refractivity contribution in [2.45, 2.75) is 12.8 Å². The molecule has 1 atom stereocenters. The Bertz CT molecular complexity index is 550. The Morgan fingerprint density at radius 2 is 2.30 bits per heavy atom. The van der Waals surface area contributed by atoms with Crippen LogP contribution in [0.5, 0.6) is 0 Å². The number of nitrogens with two attached hydrogens (primary N) is 1. The van der Waals surface area contributed by atoms with Crippen LogP contribution in [0, 0.1) is 11.7 Å². The molecular formula is C13H15BrFN3O2. The number of hydrogen-bond donors (Lipinski definition) is 2. The smallest absolute Gasteiger partial charge is 0.255 e. The second kappa shape index (κ2) is 6.21. The normalized spacial score (nSPS) is 20.0. The maximum absolute atomic E-state index is 13.5. The van der Waals surface area contributed by atoms with Crippen molar-refractivity contribution >= 4 is 27.7 Å². The number of benzene rings is 1. The van der Waals surface area contributed by atoms with Gasteiger partial charge in [-0.3, -0.25) is 4.79 Å². The van der Waals surface area contributed by atoms with Crippen LogP contribution < -0.4 is 5.73 Å². The molecule has 0 radical (unpaired) electrons. The van der Waals surface area contributed by atoms with E-state index in [9.17, 15) is 9.18 Å². The van der Waals surface area contributed by atoms with Crippen LogP contribution in [-0.2, 0) is 0 Å². The molecule has 1 saturated heterocycles. The number of piperidine rings is 1. The summed E-state index contributed by atoms with van der Waals surface area (Å²) in [7, 11) is 0. The number of nitrogens with zero attached hydrogens (tertiary/aromatic N) is 2. The van der Waals surface area contributed by atoms with Crippen molar-refractivity contribution in [3.8, 4) is 0 Å². The van der Waals surface area contributed by atoms with E-state index in [0.29, 0.717) is 13.1 Å². The standard InChI is InChI=1S/C13H15BrFN3O2/c14-11-9(4-1-5-10(11)15)13(19)18-6-2-3-8(7-18)12(16)17-20/h1,4-5,8,20H,2-3,6-7H2,(H2,16,17). The first-order valence-electron chi connectivity index (χ1n) is 6.25. The van der Waals surface area contributed by atoms with Crippen LogP contribution in [0.2, 0.25) is 0 Å². The summed E-state index contributed by atoms with van der Waals surface area (Å²) in [6.07, 6.45) is 1.53. The maximum atomic E-state index is 13.5. The lowest BCUT2D eigenvalue weighted by molar-refractivity contribution is 0.0699. The first kappa shape index (κ1) is 14.8. The topological polar surface area (TPSA) is 78.9 Å². The van der Waals surface area contributed by atoms with Gasteiger partial charge in [-0.05, 0) is 40.9 Å². The number of carbonyl (C=O) groups is 1. The molecule has 0 aliphatic carbocycles. The molecular weight excluding hydrogens is 329 g/mol. The van der Waals surface area contributed by atoms with Gasteiger partial charge in [-0.15, -0.1) is 0 Å². The van der Waals surface area contributed by atoms with E-state index in [0.717, 1.165) is 12.8 Å². The molecule has 1 aromatic rings. The highest BCUT2D eigenvalue weighted by molar-refractivity contribution is 9.10. The molecule has 0 saturated carbocycles. The monoisotopic (exact) mass is 343 g/mol. The number of hydrogen-bond acceptors (Lipinski definition) is 3. The van der Waals surface area contributed by atoms with Gasteiger partial charge in [0.1, 0.15) is 11.7 Å². The van der Waals surface area contributed by atoms with Gasteiger partial charge in [0.15, 0.2) is 0 Å². The molecule has 0 aromatic heterocycles. The van der Waals surface area contributed by atoms with Gasteiger partial charge in [-0.25, -0.2) is 4.39 Å². The minimum Gasteiger partial charge on any atom is -0.409 e. The minimum atomic E-state index is -0.471. The molecule has 1 amide bonds. The molecule has 1 aliphatic heterocycles. The maximum Gasteiger partial charge on any atom is 0.255 e. The summed E-state index contributed by atoms with van der Waals surface area (Å²) in [5.41, 5.74) is 5.88. The average molecular weight is 344 g/mol. The van der Waals surface area contributed by atoms with E-state index in [-0.39, 0.29) is 27.7 Å². The van der Waals surface area contributed by atoms with Crippen molar-refractivity contribution in [1.29, 1.82) is 0 Å². The third-order valence-electron chi connectivity index (χ3n) is 3.42. The summed E-state index contributed by atoms with van der Waals surface area (Å²) in [6.45, 7) is 0.953. The van der Waals surface area contributed by atoms with E-state index in [1.54, 1.807) is 11.0 Å². The van der Waals surface area contributed by atoms with Gasteiger partial charge in [0.25, 0.3) is 5.91 Å². The lowest BCUT2D eigenvalue weighted by Gasteiger charge is -2.32. The van der Waals surface area contributed by atoms with Crippen molar-refractivity contribution in [2.75, 3.05) is 13.1 Å². The summed E-state index contributed by atoms with van der Waals surface area (Å²) in [5, 5.41) is 11.7. The lowest BCUT2D eigenvalue weighted by atomic mass is 9.96. The predicted molar refractivity (Wildman–Crippen MR) is 76.1 cm³/mol. The first-order chi connectivity index (χ1) is 9.54. The summed E-state index contributed by atoms with van der Waals surface area (Å²) in [4.78, 5) is 14.0. The van der Waals surface area contributed by atoms with E-state index >= 15 is 0 Å². The van der Waals surface area contributed by atoms with Crippen LogP contribution >= 0.6 is 15.9 Å². The number of amides is 1. The highest BCUT2D eigenvalue weighted by Gasteiger charge is 2.28. The van der Waals surface area contributed by atoms with Gasteiger partial charge in [0, 0.05) is 19.0 Å². The van der Waals surface area contributed by atoms with Gasteiger partial charge in [-0.2, -0.15) is 0 Å². The van der Waals surface area contributed by atoms with Crippen molar-refractivity contribution in [1.82, 2.24) is 4.90 Å². The molecule has 2 rings (SSSR count). The summed E-state index contributed by atoms with van der Waals surface area (Å²) in [5.74, 6) is -0.765. The first-order valence-corrected chi connectivity index (χ1v) is 7.04. The Morgan fingerprint density at radius 3 is 3.00 bits per heavy atom. The number of rotatable bonds is 2. The fourth-order valence-electron chi connectivity index (χ4n) is 2.32. The van der Waals surface area contributed by atoms with Crippen LogP contribution in [0.4, 0.5) is 4.39 Å². The molecule has 1 fully saturated rings. The Hall–Kier alpha value is -1.63. The fourth-order valence-corrected chi connectivity index (χ4v) is 2.76. The molecule has 1 aromatic carbocycles. The molecule has 1 aliphatic rings. The van der Waals surface area contributed by atoms with Crippen LogP contribution in [-0.4, -0.2) is 34.9 Å². The minimum absolute atomic E-state index is 0.126. The van der Waals surface area contributed by atoms with Crippen LogP contribution in [0.25, 0.3) is 0 Å². The van der Waals surface area contributed by atoms with Crippen molar-refractivity contribution in [3.63, 3.8) is 0 Å². The van der Waals surface area contributed by atoms with Gasteiger partial charge in [0.05, 0.1) is 10.0 Å². The van der Waals surface area contributed by atoms with E-state index in [1.165, 1.54) is 12.1 Å². The van der Waals surface area contributed by atoms with Gasteiger partial charge >= 0.3 is 0 Å². The summed E-state index contributed by atoms with van der Waals surface area (Å²) in [6, 6.07) is 4.36. The summed E-state index contributed by atoms with van der Waals surface area (Å²) < 4.78 is 13.6. The van der Waals surface area contributed by atoms with E-state index < -0.39 is 5.82 Å². The molecule has 20 heavy (non-hydrogen) atoms. The average Bonchev–Trinajstić information content (AvgIpc) is 2.48. The molecule has 108 valence electrons. The fraction of sp³-hybridized carbons (Fsp3) is 0.385. The number of amidine groups is 1. The Balaban J connectivity index is 2.19. The molecule has 7 heteroatoms. The Labute approximate surface area is 124 Å². The quantitative estimate of drug-likeness (QED) is 0.374. The van der Waals surface area contributed by atoms with Gasteiger partial charge in [-0.1, -0.05) is 11.2 Å². The number of likely N-dealkylation sites (tertiary alicyclic amines) is 1. The molecule has 0 bridgehead atoms. The van der Waals surface area contributed by atoms with Crippen molar-refractivity contribution < 1.29 is 14.4 Å². The third-order valence-corrected chi connectivity index (χ3v) is 4.23. The SMILES string of the molecule is N/C(=N/O)C1CCCN(C(=O)c2cccc(F)c2Br)C1. The zero-order valence-corrected chi connectivity index (χ0v) is 12.3. The number of halogens is 2. The second-order valence-electron chi connectivity index (χ2n) is 4.72. The van der Waals surface area contributed by atoms with E-state index in [1.807, 2.05) is 0 Å². The lowest BCUT2D eigenvalue weighted by Crippen LogP contribution is -2.44. The number of carbonyl (C=O) groups excluding carboxylic acids is 1. The summed E-state index contributed by atoms with van der Waals surface area (Å²) >= 11 is 3.09. The molecule has 1 heterocycles. The zero-order valence-electron chi connectivity index (χ0n) is 10.7. The van der Waals surface area contributed by atoms with Gasteiger partial charge < -0.3 is 15.8 Å².